The molecule has 0 fully saturated rings. The van der Waals surface area contributed by atoms with Crippen LogP contribution in [0.15, 0.2) is 218 Å². The van der Waals surface area contributed by atoms with Crippen molar-refractivity contribution < 1.29 is 63.0 Å². The minimum absolute atomic E-state index is 0. The molecule has 6 nitrogen and oxygen atoms in total. The quantitative estimate of drug-likeness (QED) is 0.0449. The van der Waals surface area contributed by atoms with Crippen molar-refractivity contribution in [2.24, 2.45) is 0 Å². The van der Waals surface area contributed by atoms with Crippen LogP contribution in [0.1, 0.15) is 203 Å². The molecule has 0 aliphatic carbocycles. The maximum Gasteiger partial charge on any atom is 0.282 e. The number of aromatic nitrogens is 6. The van der Waals surface area contributed by atoms with Crippen LogP contribution in [0.4, 0.5) is 0 Å². The minimum Gasteiger partial charge on any atom is -0.291 e. The molecule has 0 aliphatic heterocycles. The molecule has 3 heterocycles. The maximum absolute atomic E-state index is 3.84. The first-order valence-electron chi connectivity index (χ1n) is 33.5. The van der Waals surface area contributed by atoms with Crippen molar-refractivity contribution in [1.82, 2.24) is 9.13 Å². The molecule has 8 heteroatoms. The van der Waals surface area contributed by atoms with Crippen molar-refractivity contribution in [2.75, 3.05) is 0 Å². The fourth-order valence-electron chi connectivity index (χ4n) is 13.4. The predicted octanol–water partition coefficient (Wildman–Crippen LogP) is 20.5. The Balaban J connectivity index is 0.000000165. The van der Waals surface area contributed by atoms with Gasteiger partial charge in [0.2, 0.25) is 0 Å². The monoisotopic (exact) mass is 1600 g/mol. The van der Waals surface area contributed by atoms with Gasteiger partial charge in [0.1, 0.15) is 11.4 Å². The second kappa shape index (κ2) is 30.7. The summed E-state index contributed by atoms with van der Waals surface area (Å²) in [7, 11) is 0. The number of para-hydroxylation sites is 12. The van der Waals surface area contributed by atoms with E-state index in [1.807, 2.05) is 24.3 Å². The molecular weight excluding hydrogens is 1510 g/mol. The van der Waals surface area contributed by atoms with Crippen molar-refractivity contribution in [3.8, 4) is 34.1 Å². The van der Waals surface area contributed by atoms with Gasteiger partial charge in [-0.25, -0.2) is 0 Å². The summed E-state index contributed by atoms with van der Waals surface area (Å²) < 4.78 is 13.9. The van der Waals surface area contributed by atoms with E-state index in [1.165, 1.54) is 89.3 Å². The van der Waals surface area contributed by atoms with Gasteiger partial charge in [0.25, 0.3) is 34.7 Å². The van der Waals surface area contributed by atoms with Gasteiger partial charge in [-0.1, -0.05) is 281 Å². The van der Waals surface area contributed by atoms with Gasteiger partial charge in [0.15, 0.2) is 0 Å². The van der Waals surface area contributed by atoms with E-state index >= 15 is 0 Å². The molecule has 0 aliphatic rings. The zero-order valence-electron chi connectivity index (χ0n) is 57.7. The Morgan fingerprint density at radius 2 is 0.479 bits per heavy atom. The van der Waals surface area contributed by atoms with E-state index in [0.717, 1.165) is 33.4 Å². The molecule has 0 atom stereocenters. The zero-order valence-corrected chi connectivity index (χ0v) is 62.0. The summed E-state index contributed by atoms with van der Waals surface area (Å²) in [5.74, 6) is 3.41. The van der Waals surface area contributed by atoms with Gasteiger partial charge >= 0.3 is 0 Å². The summed E-state index contributed by atoms with van der Waals surface area (Å²) in [6.45, 7) is 36.6. The molecule has 0 saturated heterocycles. The van der Waals surface area contributed by atoms with Crippen molar-refractivity contribution in [1.29, 1.82) is 0 Å². The molecule has 0 saturated carbocycles. The molecule has 13 aromatic rings. The van der Waals surface area contributed by atoms with E-state index in [0.29, 0.717) is 47.3 Å². The first-order chi connectivity index (χ1) is 44.4. The average molecular weight is 1600 g/mol. The molecule has 94 heavy (non-hydrogen) atoms. The molecule has 0 spiro atoms. The normalized spacial score (nSPS) is 11.6. The van der Waals surface area contributed by atoms with Gasteiger partial charge in [-0.15, -0.1) is 0 Å². The second-order valence-corrected chi connectivity index (χ2v) is 27.1. The van der Waals surface area contributed by atoms with Gasteiger partial charge in [0, 0.05) is 69.0 Å². The SMILES string of the molecule is CC(C)c1cccc(C(C)C)c1-n1[c-][n+](-c2c(C(C)C)cccc2C(C)C)c2ccccc21.CC(C)c1cccc(C(C)C)c1-n1[c-][n+](-c2c(C(C)C)cccc2C(C)C)c2ccccc21.[Au].[Au].[c-]1ccc(-[n+]2c3ccccc3[n+](-c3cc[c-]cc3)c3ccccc32)cc1. The molecule has 10 aromatic carbocycles. The number of hydrogen-bond donors (Lipinski definition) is 0. The summed E-state index contributed by atoms with van der Waals surface area (Å²) in [4.78, 5) is 0. The van der Waals surface area contributed by atoms with Crippen molar-refractivity contribution in [3.63, 3.8) is 0 Å². The number of rotatable bonds is 14. The van der Waals surface area contributed by atoms with Crippen LogP contribution >= 0.6 is 0 Å². The molecule has 488 valence electrons. The largest absolute Gasteiger partial charge is 0.291 e. The number of fused-ring (bicyclic) bond motifs is 4. The van der Waals surface area contributed by atoms with Crippen LogP contribution in [0.25, 0.3) is 78.3 Å². The van der Waals surface area contributed by atoms with Crippen LogP contribution in [-0.2, 0) is 44.8 Å². The first-order valence-corrected chi connectivity index (χ1v) is 33.5. The standard InChI is InChI=1S/2C31H38N2.C24H16N2.2Au/c2*1-20(2)24-13-11-14-25(21(3)4)30(24)32-19-33(29-18-10-9-17-28(29)32)31-26(22(5)6)15-12-16-27(31)23(7)8;1-3-11-19(12-4-1)25-21-15-7-9-17-23(21)26(20-13-5-2-6-14-20)24-18-10-8-16-22(24)25;;/h2*9-18,20-23H,1-8H3;3-18H;;. The summed E-state index contributed by atoms with van der Waals surface area (Å²) in [6, 6.07) is 84.0. The molecule has 0 N–H and O–H groups in total. The fourth-order valence-corrected chi connectivity index (χ4v) is 13.4. The fraction of sp³-hybridized carbons (Fsp3) is 0.279. The number of imidazole rings is 2. The van der Waals surface area contributed by atoms with Crippen LogP contribution in [0.2, 0.25) is 0 Å². The van der Waals surface area contributed by atoms with Gasteiger partial charge in [-0.05, 0) is 91.9 Å². The zero-order chi connectivity index (χ0) is 65.1. The van der Waals surface area contributed by atoms with Gasteiger partial charge in [-0.3, -0.25) is 18.3 Å². The van der Waals surface area contributed by atoms with Crippen molar-refractivity contribution in [3.05, 3.63) is 288 Å². The van der Waals surface area contributed by atoms with Crippen LogP contribution in [0.3, 0.4) is 0 Å². The Morgan fingerprint density at radius 3 is 0.723 bits per heavy atom. The number of hydrogen-bond acceptors (Lipinski definition) is 0. The Kier molecular flexibility index (Phi) is 23.1. The summed E-state index contributed by atoms with van der Waals surface area (Å²) in [5, 5.41) is 0. The van der Waals surface area contributed by atoms with Crippen LogP contribution in [0.5, 0.6) is 0 Å². The molecule has 0 bridgehead atoms. The molecule has 2 radical (unpaired) electrons. The third-order valence-corrected chi connectivity index (χ3v) is 18.0. The average Bonchev–Trinajstić information content (AvgIpc) is 1.17. The Hall–Kier alpha value is -7.78. The smallest absolute Gasteiger partial charge is 0.282 e. The van der Waals surface area contributed by atoms with Crippen LogP contribution < -0.4 is 18.3 Å². The molecular formula is C86H92Au2N6. The van der Waals surface area contributed by atoms with E-state index in [1.54, 1.807) is 0 Å². The Bertz CT molecular complexity index is 4070. The number of nitrogens with zero attached hydrogens (tertiary/aromatic N) is 6. The van der Waals surface area contributed by atoms with Crippen molar-refractivity contribution >= 4 is 44.1 Å². The third kappa shape index (κ3) is 14.0. The van der Waals surface area contributed by atoms with E-state index in [-0.39, 0.29) is 44.8 Å². The molecule has 13 rings (SSSR count). The van der Waals surface area contributed by atoms with E-state index in [9.17, 15) is 0 Å². The van der Waals surface area contributed by atoms with E-state index in [4.69, 9.17) is 0 Å². The Morgan fingerprint density at radius 1 is 0.255 bits per heavy atom. The summed E-state index contributed by atoms with van der Waals surface area (Å²) >= 11 is 0. The van der Waals surface area contributed by atoms with Gasteiger partial charge < -0.3 is 0 Å². The molecule has 0 unspecified atom stereocenters. The first kappa shape index (κ1) is 70.5. The second-order valence-electron chi connectivity index (χ2n) is 27.1. The van der Waals surface area contributed by atoms with E-state index < -0.39 is 0 Å². The van der Waals surface area contributed by atoms with Crippen molar-refractivity contribution in [2.45, 2.75) is 158 Å². The summed E-state index contributed by atoms with van der Waals surface area (Å²) in [6.07, 6.45) is 7.67. The summed E-state index contributed by atoms with van der Waals surface area (Å²) in [5.41, 5.74) is 27.7. The predicted molar refractivity (Wildman–Crippen MR) is 382 cm³/mol. The van der Waals surface area contributed by atoms with Crippen LogP contribution in [-0.4, -0.2) is 9.13 Å². The third-order valence-electron chi connectivity index (χ3n) is 18.0. The van der Waals surface area contributed by atoms with E-state index in [2.05, 4.69) is 357 Å². The molecule has 3 aromatic heterocycles. The minimum atomic E-state index is 0. The van der Waals surface area contributed by atoms with Crippen LogP contribution in [0, 0.1) is 24.8 Å². The Labute approximate surface area is 591 Å². The topological polar surface area (TPSA) is 25.4 Å². The molecule has 0 amide bonds. The van der Waals surface area contributed by atoms with Gasteiger partial charge in [0.05, 0.1) is 44.8 Å². The maximum atomic E-state index is 3.84. The number of benzene rings is 10. The van der Waals surface area contributed by atoms with Gasteiger partial charge in [-0.2, -0.15) is 45.5 Å².